The number of urea groups is 1. The molecule has 0 aliphatic heterocycles. The summed E-state index contributed by atoms with van der Waals surface area (Å²) in [6.07, 6.45) is 0. The molecule has 0 saturated carbocycles. The Morgan fingerprint density at radius 2 is 1.16 bits per heavy atom. The van der Waals surface area contributed by atoms with Crippen LogP contribution in [0.1, 0.15) is 75.6 Å². The van der Waals surface area contributed by atoms with Crippen molar-refractivity contribution in [2.24, 2.45) is 15.5 Å². The molecule has 3 aromatic carbocycles. The smallest absolute Gasteiger partial charge is 0.333 e. The lowest BCUT2D eigenvalue weighted by atomic mass is 9.93. The van der Waals surface area contributed by atoms with E-state index in [1.54, 1.807) is 26.0 Å². The normalized spacial score (nSPS) is 12.5. The van der Waals surface area contributed by atoms with Gasteiger partial charge in [0.05, 0.1) is 21.2 Å². The van der Waals surface area contributed by atoms with Gasteiger partial charge in [-0.1, -0.05) is 80.5 Å². The third-order valence-electron chi connectivity index (χ3n) is 6.28. The first-order valence-electron chi connectivity index (χ1n) is 13.1. The van der Waals surface area contributed by atoms with Crippen molar-refractivity contribution in [3.8, 4) is 0 Å². The van der Waals surface area contributed by atoms with Crippen LogP contribution in [0.4, 0.5) is 10.5 Å². The summed E-state index contributed by atoms with van der Waals surface area (Å²) in [4.78, 5) is 12.5. The lowest BCUT2D eigenvalue weighted by Gasteiger charge is -2.20. The number of carbonyl (C=O) groups is 1. The SMILES string of the molecule is CC(=NO)c1cccc(S(=O)(=O)NC(=O)Nc2c(C(C)C)cccc2C(C)C)c1.CC(=NO)c1cccc(S(N)(=O)=O)c1. The van der Waals surface area contributed by atoms with Crippen LogP contribution < -0.4 is 15.2 Å². The van der Waals surface area contributed by atoms with E-state index in [4.69, 9.17) is 15.6 Å². The molecule has 0 radical (unpaired) electrons. The molecule has 0 atom stereocenters. The molecule has 0 unspecified atom stereocenters. The van der Waals surface area contributed by atoms with Crippen molar-refractivity contribution in [2.45, 2.75) is 63.2 Å². The molecule has 0 aromatic heterocycles. The number of nitrogens with two attached hydrogens (primary N) is 1. The molecule has 0 aliphatic carbocycles. The number of benzene rings is 3. The average Bonchev–Trinajstić information content (AvgIpc) is 2.95. The summed E-state index contributed by atoms with van der Waals surface area (Å²) in [5.74, 6) is 0.302. The third kappa shape index (κ3) is 9.63. The number of carbonyl (C=O) groups excluding carboxylic acids is 1. The molecule has 2 amide bonds. The van der Waals surface area contributed by atoms with Crippen molar-refractivity contribution in [3.63, 3.8) is 0 Å². The van der Waals surface area contributed by atoms with Crippen LogP contribution in [0.25, 0.3) is 0 Å². The Kier molecular flexibility index (Phi) is 12.0. The maximum atomic E-state index is 12.7. The predicted molar refractivity (Wildman–Crippen MR) is 166 cm³/mol. The highest BCUT2D eigenvalue weighted by atomic mass is 32.2. The molecule has 6 N–H and O–H groups in total. The fraction of sp³-hybridized carbons (Fsp3) is 0.276. The summed E-state index contributed by atoms with van der Waals surface area (Å²) in [6.45, 7) is 11.1. The number of hydrogen-bond acceptors (Lipinski definition) is 9. The monoisotopic (exact) mass is 631 g/mol. The third-order valence-corrected chi connectivity index (χ3v) is 8.52. The maximum absolute atomic E-state index is 12.7. The minimum absolute atomic E-state index is 0.00185. The van der Waals surface area contributed by atoms with Gasteiger partial charge in [0.2, 0.25) is 10.0 Å². The van der Waals surface area contributed by atoms with Gasteiger partial charge in [0.1, 0.15) is 0 Å². The van der Waals surface area contributed by atoms with Gasteiger partial charge in [-0.25, -0.2) is 31.5 Å². The number of rotatable bonds is 8. The van der Waals surface area contributed by atoms with E-state index in [1.807, 2.05) is 45.9 Å². The van der Waals surface area contributed by atoms with Gasteiger partial charge >= 0.3 is 6.03 Å². The van der Waals surface area contributed by atoms with Crippen LogP contribution in [0, 0.1) is 0 Å². The van der Waals surface area contributed by atoms with Crippen LogP contribution in [0.3, 0.4) is 0 Å². The molecule has 0 fully saturated rings. The Morgan fingerprint density at radius 3 is 1.58 bits per heavy atom. The summed E-state index contributed by atoms with van der Waals surface area (Å²) in [5.41, 5.74) is 4.03. The molecule has 43 heavy (non-hydrogen) atoms. The predicted octanol–water partition coefficient (Wildman–Crippen LogP) is 5.17. The summed E-state index contributed by atoms with van der Waals surface area (Å²) in [7, 11) is -7.81. The highest BCUT2D eigenvalue weighted by Gasteiger charge is 2.21. The van der Waals surface area contributed by atoms with Gasteiger partial charge in [0, 0.05) is 16.8 Å². The lowest BCUT2D eigenvalue weighted by Crippen LogP contribution is -2.35. The van der Waals surface area contributed by atoms with E-state index in [0.717, 1.165) is 11.1 Å². The first-order valence-corrected chi connectivity index (χ1v) is 16.1. The van der Waals surface area contributed by atoms with E-state index in [2.05, 4.69) is 20.4 Å². The fourth-order valence-electron chi connectivity index (χ4n) is 3.92. The molecule has 0 saturated heterocycles. The highest BCUT2D eigenvalue weighted by molar-refractivity contribution is 7.90. The van der Waals surface area contributed by atoms with Crippen molar-refractivity contribution < 1.29 is 32.0 Å². The number of hydrogen-bond donors (Lipinski definition) is 5. The molecule has 0 heterocycles. The van der Waals surface area contributed by atoms with Gasteiger partial charge in [0.25, 0.3) is 10.0 Å². The second kappa shape index (κ2) is 14.8. The molecule has 3 aromatic rings. The van der Waals surface area contributed by atoms with E-state index >= 15 is 0 Å². The van der Waals surface area contributed by atoms with Crippen LogP contribution in [0.5, 0.6) is 0 Å². The molecule has 14 heteroatoms. The largest absolute Gasteiger partial charge is 0.411 e. The number of para-hydroxylation sites is 1. The van der Waals surface area contributed by atoms with Crippen LogP contribution in [-0.4, -0.2) is 44.7 Å². The first-order chi connectivity index (χ1) is 20.0. The molecule has 0 aliphatic rings. The number of nitrogens with zero attached hydrogens (tertiary/aromatic N) is 2. The van der Waals surface area contributed by atoms with Crippen LogP contribution >= 0.6 is 0 Å². The Hall–Kier alpha value is -4.27. The van der Waals surface area contributed by atoms with Gasteiger partial charge in [-0.15, -0.1) is 0 Å². The number of oxime groups is 2. The maximum Gasteiger partial charge on any atom is 0.333 e. The first kappa shape index (κ1) is 34.9. The van der Waals surface area contributed by atoms with E-state index in [9.17, 15) is 21.6 Å². The zero-order chi connectivity index (χ0) is 32.5. The van der Waals surface area contributed by atoms with E-state index in [0.29, 0.717) is 22.5 Å². The van der Waals surface area contributed by atoms with Gasteiger partial charge in [-0.3, -0.25) is 0 Å². The fourth-order valence-corrected chi connectivity index (χ4v) is 5.43. The minimum Gasteiger partial charge on any atom is -0.411 e. The standard InChI is InChI=1S/C21H27N3O4S.C8H10N2O3S/c1-13(2)18-10-7-11-19(14(3)4)20(18)22-21(25)24-29(27,28)17-9-6-8-16(12-17)15(5)23-26;1-6(10-11)7-3-2-4-8(5-7)14(9,12)13/h6-14,26H,1-5H3,(H2,22,24,25);2-5,11H,1H3,(H2,9,12,13). The van der Waals surface area contributed by atoms with E-state index in [1.165, 1.54) is 36.4 Å². The number of sulfonamides is 2. The van der Waals surface area contributed by atoms with Crippen LogP contribution in [0.2, 0.25) is 0 Å². The van der Waals surface area contributed by atoms with Crippen LogP contribution in [0.15, 0.2) is 86.8 Å². The van der Waals surface area contributed by atoms with Gasteiger partial charge in [0.15, 0.2) is 0 Å². The molecule has 0 bridgehead atoms. The molecule has 3 rings (SSSR count). The van der Waals surface area contributed by atoms with Gasteiger partial charge in [-0.05, 0) is 61.1 Å². The molecular formula is C29H37N5O7S2. The quantitative estimate of drug-likeness (QED) is 0.128. The van der Waals surface area contributed by atoms with E-state index < -0.39 is 26.1 Å². The average molecular weight is 632 g/mol. The lowest BCUT2D eigenvalue weighted by molar-refractivity contribution is 0.256. The summed E-state index contributed by atoms with van der Waals surface area (Å²) in [5, 5.41) is 31.1. The molecule has 12 nitrogen and oxygen atoms in total. The summed E-state index contributed by atoms with van der Waals surface area (Å²) < 4.78 is 49.3. The number of nitrogens with one attached hydrogen (secondary N) is 2. The highest BCUT2D eigenvalue weighted by Crippen LogP contribution is 2.32. The summed E-state index contributed by atoms with van der Waals surface area (Å²) >= 11 is 0. The second-order valence-electron chi connectivity index (χ2n) is 10.2. The zero-order valence-corrected chi connectivity index (χ0v) is 26.4. The van der Waals surface area contributed by atoms with Crippen molar-refractivity contribution in [2.75, 3.05) is 5.32 Å². The second-order valence-corrected chi connectivity index (χ2v) is 13.4. The Bertz CT molecular complexity index is 1710. The molecule has 0 spiro atoms. The van der Waals surface area contributed by atoms with Crippen molar-refractivity contribution in [1.29, 1.82) is 0 Å². The molecular weight excluding hydrogens is 594 g/mol. The number of amides is 2. The molecule has 232 valence electrons. The topological polar surface area (TPSA) is 201 Å². The zero-order valence-electron chi connectivity index (χ0n) is 24.7. The minimum atomic E-state index is -4.11. The van der Waals surface area contributed by atoms with E-state index in [-0.39, 0.29) is 27.3 Å². The Morgan fingerprint density at radius 1 is 0.744 bits per heavy atom. The van der Waals surface area contributed by atoms with Crippen LogP contribution in [-0.2, 0) is 20.0 Å². The van der Waals surface area contributed by atoms with Gasteiger partial charge < -0.3 is 15.7 Å². The van der Waals surface area contributed by atoms with Crippen molar-refractivity contribution in [3.05, 3.63) is 89.0 Å². The Balaban J connectivity index is 0.000000385. The van der Waals surface area contributed by atoms with Crippen molar-refractivity contribution in [1.82, 2.24) is 4.72 Å². The number of primary sulfonamides is 1. The van der Waals surface area contributed by atoms with Crippen molar-refractivity contribution >= 4 is 43.2 Å². The van der Waals surface area contributed by atoms with Gasteiger partial charge in [-0.2, -0.15) is 0 Å². The Labute approximate surface area is 252 Å². The summed E-state index contributed by atoms with van der Waals surface area (Å²) in [6, 6.07) is 16.7. The number of anilines is 1.